The molecule has 5 rings (SSSR count). The Balaban J connectivity index is 1.31. The Morgan fingerprint density at radius 3 is 2.36 bits per heavy atom. The van der Waals surface area contributed by atoms with Crippen molar-refractivity contribution in [2.24, 2.45) is 0 Å². The third kappa shape index (κ3) is 5.50. The van der Waals surface area contributed by atoms with Crippen molar-refractivity contribution in [2.75, 3.05) is 63.7 Å². The van der Waals surface area contributed by atoms with Crippen LogP contribution in [0.3, 0.4) is 0 Å². The molecule has 1 aliphatic heterocycles. The fourth-order valence-corrected chi connectivity index (χ4v) is 4.35. The van der Waals surface area contributed by atoms with Gasteiger partial charge in [0.1, 0.15) is 6.33 Å². The number of nitrogens with zero attached hydrogens (tertiary/aromatic N) is 4. The number of carbonyl (C=O) groups excluding carboxylic acids is 1. The molecule has 0 unspecified atom stereocenters. The first-order valence-electron chi connectivity index (χ1n) is 12.3. The molecule has 36 heavy (non-hydrogen) atoms. The monoisotopic (exact) mass is 484 g/mol. The first-order chi connectivity index (χ1) is 17.6. The molecule has 2 N–H and O–H groups in total. The van der Waals surface area contributed by atoms with E-state index in [4.69, 9.17) is 4.74 Å². The lowest BCUT2D eigenvalue weighted by atomic mass is 10.0. The quantitative estimate of drug-likeness (QED) is 0.411. The van der Waals surface area contributed by atoms with Crippen LogP contribution in [0.4, 0.5) is 16.2 Å². The molecule has 2 heterocycles. The predicted octanol–water partition coefficient (Wildman–Crippen LogP) is 4.21. The number of amides is 2. The van der Waals surface area contributed by atoms with Gasteiger partial charge in [-0.2, -0.15) is 0 Å². The number of urea groups is 1. The van der Waals surface area contributed by atoms with Crippen LogP contribution >= 0.6 is 0 Å². The number of rotatable bonds is 7. The highest BCUT2D eigenvalue weighted by atomic mass is 16.5. The van der Waals surface area contributed by atoms with E-state index in [1.165, 1.54) is 5.69 Å². The van der Waals surface area contributed by atoms with Gasteiger partial charge in [-0.05, 0) is 73.8 Å². The zero-order chi connectivity index (χ0) is 24.9. The van der Waals surface area contributed by atoms with Crippen molar-refractivity contribution in [2.45, 2.75) is 0 Å². The van der Waals surface area contributed by atoms with Crippen molar-refractivity contribution < 1.29 is 9.53 Å². The molecule has 1 fully saturated rings. The molecule has 2 amide bonds. The van der Waals surface area contributed by atoms with Crippen LogP contribution in [0, 0.1) is 0 Å². The van der Waals surface area contributed by atoms with Crippen LogP contribution in [0.15, 0.2) is 73.1 Å². The zero-order valence-electron chi connectivity index (χ0n) is 20.8. The summed E-state index contributed by atoms with van der Waals surface area (Å²) in [5, 5.41) is 5.75. The summed E-state index contributed by atoms with van der Waals surface area (Å²) in [7, 11) is 3.95. The predicted molar refractivity (Wildman–Crippen MR) is 145 cm³/mol. The summed E-state index contributed by atoms with van der Waals surface area (Å²) in [6, 6.07) is 22.6. The van der Waals surface area contributed by atoms with Crippen LogP contribution in [-0.2, 0) is 4.74 Å². The number of aromatic nitrogens is 2. The molecule has 4 aromatic rings. The summed E-state index contributed by atoms with van der Waals surface area (Å²) in [5.41, 5.74) is 7.21. The van der Waals surface area contributed by atoms with E-state index in [-0.39, 0.29) is 6.03 Å². The van der Waals surface area contributed by atoms with Gasteiger partial charge in [0.15, 0.2) is 0 Å². The Morgan fingerprint density at radius 2 is 1.64 bits per heavy atom. The maximum absolute atomic E-state index is 12.1. The van der Waals surface area contributed by atoms with Crippen molar-refractivity contribution in [3.8, 4) is 16.8 Å². The normalized spacial score (nSPS) is 13.8. The number of fused-ring (bicyclic) bond motifs is 1. The Morgan fingerprint density at radius 1 is 0.944 bits per heavy atom. The standard InChI is InChI=1S/C28H32N6O2/c1-32(2)14-13-29-28(35)31-23-6-3-21(4-7-23)22-5-12-26-27(19-22)34(20-30-26)25-10-8-24(9-11-25)33-15-17-36-18-16-33/h3-12,19-20H,13-18H2,1-2H3,(H2,29,31,35). The van der Waals surface area contributed by atoms with Gasteiger partial charge < -0.3 is 25.2 Å². The maximum atomic E-state index is 12.1. The van der Waals surface area contributed by atoms with Gasteiger partial charge in [0.05, 0.1) is 24.2 Å². The second kappa shape index (κ2) is 10.8. The second-order valence-corrected chi connectivity index (χ2v) is 9.20. The van der Waals surface area contributed by atoms with Crippen LogP contribution in [0.1, 0.15) is 0 Å². The molecule has 186 valence electrons. The first-order valence-corrected chi connectivity index (χ1v) is 12.3. The van der Waals surface area contributed by atoms with Gasteiger partial charge in [0.25, 0.3) is 0 Å². The van der Waals surface area contributed by atoms with Gasteiger partial charge in [-0.25, -0.2) is 9.78 Å². The number of ether oxygens (including phenoxy) is 1. The number of benzene rings is 3. The molecule has 1 aliphatic rings. The first kappa shape index (κ1) is 23.8. The molecular weight excluding hydrogens is 452 g/mol. The number of hydrogen-bond donors (Lipinski definition) is 2. The summed E-state index contributed by atoms with van der Waals surface area (Å²) in [5.74, 6) is 0. The summed E-state index contributed by atoms with van der Waals surface area (Å²) in [6.07, 6.45) is 1.88. The number of nitrogens with one attached hydrogen (secondary N) is 2. The fourth-order valence-electron chi connectivity index (χ4n) is 4.35. The third-order valence-electron chi connectivity index (χ3n) is 6.37. The molecule has 1 aromatic heterocycles. The van der Waals surface area contributed by atoms with Crippen LogP contribution in [0.2, 0.25) is 0 Å². The van der Waals surface area contributed by atoms with Gasteiger partial charge >= 0.3 is 6.03 Å². The topological polar surface area (TPSA) is 74.7 Å². The lowest BCUT2D eigenvalue weighted by Gasteiger charge is -2.28. The average Bonchev–Trinajstić information content (AvgIpc) is 3.33. The second-order valence-electron chi connectivity index (χ2n) is 9.20. The van der Waals surface area contributed by atoms with Gasteiger partial charge in [0, 0.05) is 43.2 Å². The van der Waals surface area contributed by atoms with Gasteiger partial charge in [-0.15, -0.1) is 0 Å². The van der Waals surface area contributed by atoms with Crippen molar-refractivity contribution >= 4 is 28.4 Å². The van der Waals surface area contributed by atoms with E-state index in [0.29, 0.717) is 6.54 Å². The van der Waals surface area contributed by atoms with Crippen LogP contribution in [0.25, 0.3) is 27.8 Å². The summed E-state index contributed by atoms with van der Waals surface area (Å²) in [6.45, 7) is 4.79. The zero-order valence-corrected chi connectivity index (χ0v) is 20.8. The van der Waals surface area contributed by atoms with E-state index < -0.39 is 0 Å². The highest BCUT2D eigenvalue weighted by Crippen LogP contribution is 2.28. The van der Waals surface area contributed by atoms with E-state index >= 15 is 0 Å². The molecule has 0 aliphatic carbocycles. The highest BCUT2D eigenvalue weighted by molar-refractivity contribution is 5.90. The molecule has 0 radical (unpaired) electrons. The van der Waals surface area contributed by atoms with Crippen molar-refractivity contribution in [3.63, 3.8) is 0 Å². The van der Waals surface area contributed by atoms with E-state index in [2.05, 4.69) is 61.5 Å². The largest absolute Gasteiger partial charge is 0.378 e. The van der Waals surface area contributed by atoms with Gasteiger partial charge in [0.2, 0.25) is 0 Å². The smallest absolute Gasteiger partial charge is 0.319 e. The van der Waals surface area contributed by atoms with E-state index in [9.17, 15) is 4.79 Å². The molecule has 0 atom stereocenters. The van der Waals surface area contributed by atoms with E-state index in [1.54, 1.807) is 0 Å². The number of carbonyl (C=O) groups is 1. The average molecular weight is 485 g/mol. The fraction of sp³-hybridized carbons (Fsp3) is 0.286. The number of morpholine rings is 1. The molecule has 0 saturated carbocycles. The Bertz CT molecular complexity index is 1310. The molecule has 8 heteroatoms. The van der Waals surface area contributed by atoms with Crippen LogP contribution in [-0.4, -0.2) is 74.0 Å². The third-order valence-corrected chi connectivity index (χ3v) is 6.37. The Hall–Kier alpha value is -3.88. The number of hydrogen-bond acceptors (Lipinski definition) is 5. The Kier molecular flexibility index (Phi) is 7.16. The molecule has 0 spiro atoms. The molecule has 0 bridgehead atoms. The lowest BCUT2D eigenvalue weighted by molar-refractivity contribution is 0.122. The van der Waals surface area contributed by atoms with Gasteiger partial charge in [-0.3, -0.25) is 4.57 Å². The van der Waals surface area contributed by atoms with Crippen LogP contribution in [0.5, 0.6) is 0 Å². The number of anilines is 2. The molecular formula is C28H32N6O2. The van der Waals surface area contributed by atoms with E-state index in [0.717, 1.165) is 66.4 Å². The Labute approximate surface area is 211 Å². The summed E-state index contributed by atoms with van der Waals surface area (Å²) >= 11 is 0. The van der Waals surface area contributed by atoms with Crippen molar-refractivity contribution in [1.29, 1.82) is 0 Å². The van der Waals surface area contributed by atoms with Gasteiger partial charge in [-0.1, -0.05) is 18.2 Å². The van der Waals surface area contributed by atoms with Crippen LogP contribution < -0.4 is 15.5 Å². The van der Waals surface area contributed by atoms with Crippen molar-refractivity contribution in [1.82, 2.24) is 19.8 Å². The molecule has 8 nitrogen and oxygen atoms in total. The minimum atomic E-state index is -0.199. The minimum absolute atomic E-state index is 0.199. The number of likely N-dealkylation sites (N-methyl/N-ethyl adjacent to an activating group) is 1. The summed E-state index contributed by atoms with van der Waals surface area (Å²) < 4.78 is 7.59. The highest BCUT2D eigenvalue weighted by Gasteiger charge is 2.12. The SMILES string of the molecule is CN(C)CCNC(=O)Nc1ccc(-c2ccc3ncn(-c4ccc(N5CCOCC5)cc4)c3c2)cc1. The summed E-state index contributed by atoms with van der Waals surface area (Å²) in [4.78, 5) is 21.1. The van der Waals surface area contributed by atoms with Crippen molar-refractivity contribution in [3.05, 3.63) is 73.1 Å². The number of imidazole rings is 1. The minimum Gasteiger partial charge on any atom is -0.378 e. The molecule has 1 saturated heterocycles. The van der Waals surface area contributed by atoms with E-state index in [1.807, 2.05) is 55.7 Å². The maximum Gasteiger partial charge on any atom is 0.319 e. The molecule has 3 aromatic carbocycles. The lowest BCUT2D eigenvalue weighted by Crippen LogP contribution is -2.36.